The lowest BCUT2D eigenvalue weighted by Crippen LogP contribution is -2.33. The van der Waals surface area contributed by atoms with Gasteiger partial charge >= 0.3 is 0 Å². The molecule has 2 nitrogen and oxygen atoms in total. The van der Waals surface area contributed by atoms with E-state index in [2.05, 4.69) is 289 Å². The van der Waals surface area contributed by atoms with Crippen LogP contribution in [0.15, 0.2) is 279 Å². The quantitative estimate of drug-likeness (QED) is 0.167. The first-order valence-electron chi connectivity index (χ1n) is 26.6. The van der Waals surface area contributed by atoms with Crippen LogP contribution in [0.3, 0.4) is 0 Å². The number of hydrogen-bond acceptors (Lipinski definition) is 1. The van der Waals surface area contributed by atoms with Crippen LogP contribution in [0, 0.1) is 0 Å². The molecule has 1 aliphatic heterocycles. The first-order chi connectivity index (χ1) is 37.7. The van der Waals surface area contributed by atoms with Gasteiger partial charge in [0.2, 0.25) is 0 Å². The van der Waals surface area contributed by atoms with Gasteiger partial charge in [0.15, 0.2) is 0 Å². The first kappa shape index (κ1) is 41.7. The highest BCUT2D eigenvalue weighted by Crippen LogP contribution is 2.64. The molecule has 2 heteroatoms. The number of anilines is 3. The van der Waals surface area contributed by atoms with Gasteiger partial charge in [-0.2, -0.15) is 0 Å². The Bertz CT molecular complexity index is 4470. The molecule has 3 aliphatic carbocycles. The van der Waals surface area contributed by atoms with Gasteiger partial charge in [0.05, 0.1) is 27.6 Å². The predicted molar refractivity (Wildman–Crippen MR) is 313 cm³/mol. The first-order valence-corrected chi connectivity index (χ1v) is 26.6. The lowest BCUT2D eigenvalue weighted by Gasteiger charge is -2.39. The molecule has 76 heavy (non-hydrogen) atoms. The summed E-state index contributed by atoms with van der Waals surface area (Å²) in [5, 5.41) is 2.48. The third-order valence-electron chi connectivity index (χ3n) is 17.6. The average molecular weight is 963 g/mol. The van der Waals surface area contributed by atoms with Gasteiger partial charge in [-0.3, -0.25) is 0 Å². The van der Waals surface area contributed by atoms with Crippen molar-refractivity contribution in [3.8, 4) is 61.3 Å². The van der Waals surface area contributed by atoms with Crippen LogP contribution in [0.1, 0.15) is 44.5 Å². The Morgan fingerprint density at radius 3 is 1.20 bits per heavy atom. The third-order valence-corrected chi connectivity index (χ3v) is 17.6. The zero-order valence-corrected chi connectivity index (χ0v) is 41.5. The van der Waals surface area contributed by atoms with E-state index < -0.39 is 10.8 Å². The highest BCUT2D eigenvalue weighted by molar-refractivity contribution is 6.14. The topological polar surface area (TPSA) is 8.17 Å². The Balaban J connectivity index is 0.893. The normalized spacial score (nSPS) is 14.0. The van der Waals surface area contributed by atoms with Gasteiger partial charge in [0.25, 0.3) is 0 Å². The van der Waals surface area contributed by atoms with Crippen molar-refractivity contribution in [1.29, 1.82) is 0 Å². The van der Waals surface area contributed by atoms with Gasteiger partial charge in [-0.1, -0.05) is 231 Å². The molecule has 0 fully saturated rings. The number of para-hydroxylation sites is 2. The van der Waals surface area contributed by atoms with Crippen LogP contribution in [-0.4, -0.2) is 4.57 Å². The number of rotatable bonds is 5. The molecule has 2 heterocycles. The minimum Gasteiger partial charge on any atom is -0.310 e. The van der Waals surface area contributed by atoms with E-state index in [1.165, 1.54) is 128 Å². The highest BCUT2D eigenvalue weighted by atomic mass is 15.1. The van der Waals surface area contributed by atoms with E-state index in [0.717, 1.165) is 17.1 Å². The molecule has 2 spiro atoms. The Hall–Kier alpha value is -9.76. The molecule has 352 valence electrons. The minimum absolute atomic E-state index is 0.471. The molecule has 0 bridgehead atoms. The summed E-state index contributed by atoms with van der Waals surface area (Å²) in [6, 6.07) is 105. The molecule has 17 rings (SSSR count). The van der Waals surface area contributed by atoms with Crippen molar-refractivity contribution in [1.82, 2.24) is 4.57 Å². The molecule has 1 aromatic heterocycles. The summed E-state index contributed by atoms with van der Waals surface area (Å²) in [7, 11) is 0. The van der Waals surface area contributed by atoms with Gasteiger partial charge < -0.3 is 9.47 Å². The highest BCUT2D eigenvalue weighted by Gasteiger charge is 2.53. The van der Waals surface area contributed by atoms with Crippen LogP contribution in [0.2, 0.25) is 0 Å². The third kappa shape index (κ3) is 5.30. The van der Waals surface area contributed by atoms with Crippen LogP contribution in [0.25, 0.3) is 83.1 Å². The zero-order valence-electron chi connectivity index (χ0n) is 41.5. The van der Waals surface area contributed by atoms with Crippen molar-refractivity contribution in [2.45, 2.75) is 10.8 Å². The van der Waals surface area contributed by atoms with E-state index in [1.54, 1.807) is 0 Å². The maximum absolute atomic E-state index is 2.56. The van der Waals surface area contributed by atoms with Gasteiger partial charge in [-0.05, 0) is 149 Å². The summed E-state index contributed by atoms with van der Waals surface area (Å²) in [5.41, 5.74) is 29.4. The SMILES string of the molecule is c1ccc(-c2ccc(-c3ccc(N(c4ccc5c(c4)C4(c6ccccc6-c6ccccc64)c4ccccc4-5)c4ccc5c(c4)c4cccc6c4n5-c4ccccc4C64c5ccccc5-c5ccccc54)cc3)cc2)cc1. The molecule has 0 saturated carbocycles. The van der Waals surface area contributed by atoms with Gasteiger partial charge in [0, 0.05) is 27.8 Å². The fraction of sp³-hybridized carbons (Fsp3) is 0.0270. The lowest BCUT2D eigenvalue weighted by atomic mass is 9.65. The summed E-state index contributed by atoms with van der Waals surface area (Å²) in [6.07, 6.45) is 0. The van der Waals surface area contributed by atoms with Crippen molar-refractivity contribution in [3.05, 3.63) is 324 Å². The molecule has 0 saturated heterocycles. The number of benzene rings is 12. The van der Waals surface area contributed by atoms with Crippen molar-refractivity contribution < 1.29 is 0 Å². The maximum atomic E-state index is 2.56. The van der Waals surface area contributed by atoms with Gasteiger partial charge in [0.1, 0.15) is 0 Å². The van der Waals surface area contributed by atoms with Crippen molar-refractivity contribution >= 4 is 38.9 Å². The van der Waals surface area contributed by atoms with Crippen LogP contribution in [-0.2, 0) is 10.8 Å². The zero-order chi connectivity index (χ0) is 49.7. The Kier molecular flexibility index (Phi) is 8.44. The summed E-state index contributed by atoms with van der Waals surface area (Å²) in [6.45, 7) is 0. The molecular formula is C74H46N2. The van der Waals surface area contributed by atoms with Crippen LogP contribution >= 0.6 is 0 Å². The fourth-order valence-electron chi connectivity index (χ4n) is 14.7. The van der Waals surface area contributed by atoms with E-state index in [1.807, 2.05) is 0 Å². The van der Waals surface area contributed by atoms with E-state index >= 15 is 0 Å². The van der Waals surface area contributed by atoms with Crippen molar-refractivity contribution in [2.75, 3.05) is 4.90 Å². The minimum atomic E-state index is -0.472. The smallest absolute Gasteiger partial charge is 0.0754 e. The Morgan fingerprint density at radius 1 is 0.250 bits per heavy atom. The largest absolute Gasteiger partial charge is 0.310 e. The number of hydrogen-bond donors (Lipinski definition) is 0. The number of aromatic nitrogens is 1. The Morgan fingerprint density at radius 2 is 0.645 bits per heavy atom. The molecule has 0 atom stereocenters. The Labute approximate surface area is 441 Å². The second-order valence-electron chi connectivity index (χ2n) is 21.0. The van der Waals surface area contributed by atoms with Crippen LogP contribution in [0.4, 0.5) is 17.1 Å². The molecule has 0 unspecified atom stereocenters. The molecule has 13 aromatic rings. The fourth-order valence-corrected chi connectivity index (χ4v) is 14.7. The van der Waals surface area contributed by atoms with Crippen LogP contribution in [0.5, 0.6) is 0 Å². The summed E-state index contributed by atoms with van der Waals surface area (Å²) in [5.74, 6) is 0. The molecule has 0 amide bonds. The van der Waals surface area contributed by atoms with Gasteiger partial charge in [-0.25, -0.2) is 0 Å². The van der Waals surface area contributed by atoms with Crippen LogP contribution < -0.4 is 4.90 Å². The van der Waals surface area contributed by atoms with E-state index in [0.29, 0.717) is 0 Å². The second kappa shape index (κ2) is 15.4. The number of nitrogens with zero attached hydrogens (tertiary/aromatic N) is 2. The average Bonchev–Trinajstić information content (AvgIpc) is 3.61. The van der Waals surface area contributed by atoms with Gasteiger partial charge in [-0.15, -0.1) is 0 Å². The van der Waals surface area contributed by atoms with Crippen molar-refractivity contribution in [3.63, 3.8) is 0 Å². The molecule has 0 radical (unpaired) electrons. The lowest BCUT2D eigenvalue weighted by molar-refractivity contribution is 0.748. The predicted octanol–water partition coefficient (Wildman–Crippen LogP) is 18.6. The monoisotopic (exact) mass is 962 g/mol. The summed E-state index contributed by atoms with van der Waals surface area (Å²) >= 11 is 0. The van der Waals surface area contributed by atoms with E-state index in [-0.39, 0.29) is 0 Å². The molecule has 4 aliphatic rings. The number of fused-ring (bicyclic) bond motifs is 22. The van der Waals surface area contributed by atoms with E-state index in [9.17, 15) is 0 Å². The standard InChI is InChI=1S/C74H46N2/c1-2-17-47(18-3-1)48-33-35-49(36-34-48)50-37-39-51(40-38-50)75(53-41-43-59-58-23-8-11-27-64(58)73(69(59)46-53)62-25-9-4-19-54(62)55-20-5-10-26-63(55)73)52-42-44-70-61(45-52)60-24-16-31-68-72(60)76(70)71-32-15-14-30-67(71)74(68)65-28-12-6-21-56(65)57-22-7-13-29-66(57)74/h1-46H. The molecule has 0 N–H and O–H groups in total. The maximum Gasteiger partial charge on any atom is 0.0754 e. The van der Waals surface area contributed by atoms with E-state index in [4.69, 9.17) is 0 Å². The summed E-state index contributed by atoms with van der Waals surface area (Å²) in [4.78, 5) is 2.50. The summed E-state index contributed by atoms with van der Waals surface area (Å²) < 4.78 is 2.56. The molecule has 12 aromatic carbocycles. The van der Waals surface area contributed by atoms with Crippen molar-refractivity contribution in [2.24, 2.45) is 0 Å². The second-order valence-corrected chi connectivity index (χ2v) is 21.0. The molecular weight excluding hydrogens is 917 g/mol.